The van der Waals surface area contributed by atoms with E-state index in [-0.39, 0.29) is 6.04 Å². The average Bonchev–Trinajstić information content (AvgIpc) is 3.50. The number of pyridine rings is 1. The highest BCUT2D eigenvalue weighted by Gasteiger charge is 2.33. The molecule has 1 unspecified atom stereocenters. The molecule has 6 rings (SSSR count). The van der Waals surface area contributed by atoms with Gasteiger partial charge >= 0.3 is 0 Å². The molecule has 7 heteroatoms. The highest BCUT2D eigenvalue weighted by atomic mass is 16.2. The van der Waals surface area contributed by atoms with Gasteiger partial charge in [-0.05, 0) is 88.2 Å². The van der Waals surface area contributed by atoms with Crippen molar-refractivity contribution in [3.05, 3.63) is 65.6 Å². The van der Waals surface area contributed by atoms with Crippen LogP contribution in [-0.4, -0.2) is 77.5 Å². The maximum Gasteiger partial charge on any atom is 0.240 e. The van der Waals surface area contributed by atoms with Crippen LogP contribution >= 0.6 is 0 Å². The predicted octanol–water partition coefficient (Wildman–Crippen LogP) is 4.56. The van der Waals surface area contributed by atoms with Crippen molar-refractivity contribution in [1.29, 1.82) is 0 Å². The first-order valence-electron chi connectivity index (χ1n) is 13.9. The number of allylic oxidation sites excluding steroid dienone is 3. The van der Waals surface area contributed by atoms with Crippen molar-refractivity contribution >= 4 is 28.2 Å². The summed E-state index contributed by atoms with van der Waals surface area (Å²) in [7, 11) is 2.07. The molecule has 5 heterocycles. The third kappa shape index (κ3) is 4.60. The van der Waals surface area contributed by atoms with Crippen LogP contribution in [0, 0.1) is 6.92 Å². The number of nitrogens with one attached hydrogen (secondary N) is 2. The average molecular weight is 511 g/mol. The number of carbonyl (C=O) groups is 1. The smallest absolute Gasteiger partial charge is 0.240 e. The molecule has 2 atom stereocenters. The molecular formula is C31H38N6O. The number of fused-ring (bicyclic) bond motifs is 1. The van der Waals surface area contributed by atoms with Gasteiger partial charge < -0.3 is 20.1 Å². The summed E-state index contributed by atoms with van der Waals surface area (Å²) in [5, 5.41) is 4.70. The molecule has 0 bridgehead atoms. The fourth-order valence-corrected chi connectivity index (χ4v) is 6.29. The van der Waals surface area contributed by atoms with Crippen LogP contribution in [0.3, 0.4) is 0 Å². The number of nitrogens with zero attached hydrogens (tertiary/aromatic N) is 4. The number of carbonyl (C=O) groups excluding carboxylic acids is 1. The molecule has 1 amide bonds. The first kappa shape index (κ1) is 24.7. The van der Waals surface area contributed by atoms with E-state index in [0.717, 1.165) is 68.0 Å². The van der Waals surface area contributed by atoms with Crippen LogP contribution in [0.5, 0.6) is 0 Å². The van der Waals surface area contributed by atoms with E-state index < -0.39 is 0 Å². The van der Waals surface area contributed by atoms with Gasteiger partial charge in [0.05, 0.1) is 6.04 Å². The number of H-pyrrole nitrogens is 1. The molecule has 2 fully saturated rings. The Kier molecular flexibility index (Phi) is 6.48. The number of amides is 1. The van der Waals surface area contributed by atoms with Crippen LogP contribution in [0.2, 0.25) is 0 Å². The Morgan fingerprint density at radius 3 is 2.50 bits per heavy atom. The minimum atomic E-state index is 0.0661. The Labute approximate surface area is 225 Å². The topological polar surface area (TPSA) is 67.5 Å². The zero-order valence-electron chi connectivity index (χ0n) is 22.9. The monoisotopic (exact) mass is 510 g/mol. The SMILES string of the molecule is CC1=CC(c2[nH]c3cc(-c4ccc(N5CCN(C(=O)[C@@H]6CCCN6C)CC5)nc4)ccc3c2C)=CC(C)N1. The van der Waals surface area contributed by atoms with E-state index in [9.17, 15) is 4.79 Å². The molecule has 198 valence electrons. The third-order valence-electron chi connectivity index (χ3n) is 8.41. The Morgan fingerprint density at radius 1 is 1.03 bits per heavy atom. The second-order valence-electron chi connectivity index (χ2n) is 11.1. The Hall–Kier alpha value is -3.58. The summed E-state index contributed by atoms with van der Waals surface area (Å²) in [6.07, 6.45) is 8.56. The molecule has 7 nitrogen and oxygen atoms in total. The van der Waals surface area contributed by atoms with E-state index in [0.29, 0.717) is 11.9 Å². The van der Waals surface area contributed by atoms with Gasteiger partial charge in [0.15, 0.2) is 0 Å². The van der Waals surface area contributed by atoms with E-state index in [1.165, 1.54) is 27.9 Å². The van der Waals surface area contributed by atoms with Gasteiger partial charge in [0.25, 0.3) is 0 Å². The zero-order valence-corrected chi connectivity index (χ0v) is 22.9. The quantitative estimate of drug-likeness (QED) is 0.539. The van der Waals surface area contributed by atoms with Crippen molar-refractivity contribution in [3.63, 3.8) is 0 Å². The second kappa shape index (κ2) is 9.95. The molecule has 0 saturated carbocycles. The maximum atomic E-state index is 12.9. The number of benzene rings is 1. The normalized spacial score (nSPS) is 22.4. The number of likely N-dealkylation sites (tertiary alicyclic amines) is 1. The molecule has 2 aromatic heterocycles. The predicted molar refractivity (Wildman–Crippen MR) is 155 cm³/mol. The molecule has 3 aliphatic rings. The van der Waals surface area contributed by atoms with Gasteiger partial charge in [-0.3, -0.25) is 9.69 Å². The van der Waals surface area contributed by atoms with Crippen molar-refractivity contribution < 1.29 is 4.79 Å². The van der Waals surface area contributed by atoms with Crippen LogP contribution < -0.4 is 10.2 Å². The zero-order chi connectivity index (χ0) is 26.4. The van der Waals surface area contributed by atoms with Crippen molar-refractivity contribution in [2.75, 3.05) is 44.7 Å². The van der Waals surface area contributed by atoms with Crippen molar-refractivity contribution in [2.24, 2.45) is 0 Å². The standard InChI is InChI=1S/C31H38N6O/c1-20-16-25(17-21(2)33-20)30-22(3)26-9-7-23(18-27(26)34-30)24-8-10-29(32-19-24)36-12-14-37(15-13-36)31(38)28-6-5-11-35(28)4/h7-10,16-20,28,33-34H,5-6,11-15H2,1-4H3/t20?,28-/m0/s1. The Bertz CT molecular complexity index is 1410. The molecular weight excluding hydrogens is 472 g/mol. The van der Waals surface area contributed by atoms with Crippen molar-refractivity contribution in [2.45, 2.75) is 45.7 Å². The summed E-state index contributed by atoms with van der Waals surface area (Å²) in [6, 6.07) is 11.3. The van der Waals surface area contributed by atoms with Gasteiger partial charge in [0, 0.05) is 66.3 Å². The van der Waals surface area contributed by atoms with E-state index in [1.54, 1.807) is 0 Å². The molecule has 0 radical (unpaired) electrons. The lowest BCUT2D eigenvalue weighted by Gasteiger charge is -2.37. The summed E-state index contributed by atoms with van der Waals surface area (Å²) < 4.78 is 0. The molecule has 3 aliphatic heterocycles. The number of hydrogen-bond acceptors (Lipinski definition) is 5. The first-order valence-corrected chi connectivity index (χ1v) is 13.9. The van der Waals surface area contributed by atoms with E-state index >= 15 is 0 Å². The number of piperazine rings is 1. The van der Waals surface area contributed by atoms with Gasteiger partial charge in [-0.1, -0.05) is 18.2 Å². The fourth-order valence-electron chi connectivity index (χ4n) is 6.29. The Morgan fingerprint density at radius 2 is 1.82 bits per heavy atom. The highest BCUT2D eigenvalue weighted by Crippen LogP contribution is 2.32. The summed E-state index contributed by atoms with van der Waals surface area (Å²) in [5.74, 6) is 1.27. The molecule has 0 spiro atoms. The number of dihydropyridines is 1. The van der Waals surface area contributed by atoms with Gasteiger partial charge in [0.2, 0.25) is 5.91 Å². The largest absolute Gasteiger partial charge is 0.383 e. The van der Waals surface area contributed by atoms with E-state index in [4.69, 9.17) is 4.98 Å². The summed E-state index contributed by atoms with van der Waals surface area (Å²) in [5.41, 5.74) is 8.30. The molecule has 0 aliphatic carbocycles. The van der Waals surface area contributed by atoms with E-state index in [1.807, 2.05) is 11.1 Å². The van der Waals surface area contributed by atoms with Gasteiger partial charge in [0.1, 0.15) is 5.82 Å². The highest BCUT2D eigenvalue weighted by molar-refractivity contribution is 5.93. The number of rotatable bonds is 4. The third-order valence-corrected chi connectivity index (χ3v) is 8.41. The summed E-state index contributed by atoms with van der Waals surface area (Å²) in [6.45, 7) is 10.7. The molecule has 2 saturated heterocycles. The summed E-state index contributed by atoms with van der Waals surface area (Å²) in [4.78, 5) is 27.9. The molecule has 3 aromatic rings. The number of hydrogen-bond donors (Lipinski definition) is 2. The number of aromatic nitrogens is 2. The van der Waals surface area contributed by atoms with Crippen LogP contribution in [0.15, 0.2) is 54.4 Å². The number of likely N-dealkylation sites (N-methyl/N-ethyl adjacent to an activating group) is 1. The lowest BCUT2D eigenvalue weighted by atomic mass is 10.0. The molecule has 38 heavy (non-hydrogen) atoms. The number of anilines is 1. The van der Waals surface area contributed by atoms with E-state index in [2.05, 4.69) is 90.4 Å². The van der Waals surface area contributed by atoms with Gasteiger partial charge in [-0.15, -0.1) is 0 Å². The summed E-state index contributed by atoms with van der Waals surface area (Å²) >= 11 is 0. The van der Waals surface area contributed by atoms with Crippen LogP contribution in [0.1, 0.15) is 37.9 Å². The number of aromatic amines is 1. The molecule has 1 aromatic carbocycles. The van der Waals surface area contributed by atoms with Crippen molar-refractivity contribution in [1.82, 2.24) is 25.1 Å². The van der Waals surface area contributed by atoms with Gasteiger partial charge in [-0.25, -0.2) is 4.98 Å². The first-order chi connectivity index (χ1) is 18.4. The fraction of sp³-hybridized carbons (Fsp3) is 0.419. The lowest BCUT2D eigenvalue weighted by molar-refractivity contribution is -0.135. The van der Waals surface area contributed by atoms with Gasteiger partial charge in [-0.2, -0.15) is 0 Å². The second-order valence-corrected chi connectivity index (χ2v) is 11.1. The van der Waals surface area contributed by atoms with Crippen LogP contribution in [0.25, 0.3) is 27.6 Å². The maximum absolute atomic E-state index is 12.9. The minimum absolute atomic E-state index is 0.0661. The molecule has 2 N–H and O–H groups in total. The number of aryl methyl sites for hydroxylation is 1. The van der Waals surface area contributed by atoms with Crippen LogP contribution in [-0.2, 0) is 4.79 Å². The van der Waals surface area contributed by atoms with Crippen LogP contribution in [0.4, 0.5) is 5.82 Å². The lowest BCUT2D eigenvalue weighted by Crippen LogP contribution is -2.53. The minimum Gasteiger partial charge on any atom is -0.383 e. The Balaban J connectivity index is 1.16. The van der Waals surface area contributed by atoms with Crippen molar-refractivity contribution in [3.8, 4) is 11.1 Å².